The normalized spacial score (nSPS) is 24.0. The standard InChI is InChI=1S/C43H56O7SSi2/c1-41(2,3)52(33-22-14-10-15-23-33,34-24-16-11-17-25-34)49-32-30-37(48-51(9,44)45)39-40(47-43(7,8)46-39)38(31-32)50-53(42(4,5)6,35-26-18-12-19-27-35)36-28-20-13-21-29-36/h10-29,32,37-40H,30-31H2,1-9H3/t32-,37+,38-,39-,40+/m1/s1. The van der Waals surface area contributed by atoms with Gasteiger partial charge in [0.15, 0.2) is 5.79 Å². The van der Waals surface area contributed by atoms with Crippen molar-refractivity contribution < 1.29 is 30.9 Å². The number of benzene rings is 4. The van der Waals surface area contributed by atoms with Gasteiger partial charge in [0.2, 0.25) is 0 Å². The quantitative estimate of drug-likeness (QED) is 0.134. The van der Waals surface area contributed by atoms with Gasteiger partial charge in [-0.05, 0) is 44.7 Å². The van der Waals surface area contributed by atoms with Crippen molar-refractivity contribution in [2.45, 2.75) is 115 Å². The van der Waals surface area contributed by atoms with Crippen LogP contribution in [0.4, 0.5) is 0 Å². The molecule has 5 atom stereocenters. The molecule has 1 aliphatic heterocycles. The summed E-state index contributed by atoms with van der Waals surface area (Å²) in [5.41, 5.74) is 0. The van der Waals surface area contributed by atoms with Gasteiger partial charge in [0, 0.05) is 12.8 Å². The maximum absolute atomic E-state index is 13.0. The van der Waals surface area contributed by atoms with Crippen molar-refractivity contribution in [2.75, 3.05) is 6.26 Å². The molecule has 2 fully saturated rings. The molecule has 2 aliphatic rings. The van der Waals surface area contributed by atoms with Gasteiger partial charge in [-0.2, -0.15) is 8.42 Å². The van der Waals surface area contributed by atoms with Crippen LogP contribution in [0.15, 0.2) is 121 Å². The zero-order valence-electron chi connectivity index (χ0n) is 32.6. The van der Waals surface area contributed by atoms with E-state index in [9.17, 15) is 8.42 Å². The fourth-order valence-electron chi connectivity index (χ4n) is 8.66. The van der Waals surface area contributed by atoms with Crippen LogP contribution < -0.4 is 20.7 Å². The second-order valence-corrected chi connectivity index (χ2v) is 27.2. The second-order valence-electron chi connectivity index (χ2n) is 17.1. The van der Waals surface area contributed by atoms with Gasteiger partial charge in [0.05, 0.1) is 18.5 Å². The lowest BCUT2D eigenvalue weighted by atomic mass is 10.1. The molecule has 53 heavy (non-hydrogen) atoms. The van der Waals surface area contributed by atoms with Gasteiger partial charge in [0.1, 0.15) is 18.3 Å². The van der Waals surface area contributed by atoms with E-state index >= 15 is 0 Å². The molecule has 0 amide bonds. The molecule has 10 heteroatoms. The van der Waals surface area contributed by atoms with Crippen molar-refractivity contribution >= 4 is 47.5 Å². The van der Waals surface area contributed by atoms with Gasteiger partial charge in [-0.25, -0.2) is 0 Å². The second kappa shape index (κ2) is 15.0. The van der Waals surface area contributed by atoms with Crippen LogP contribution >= 0.6 is 0 Å². The van der Waals surface area contributed by atoms with Gasteiger partial charge in [-0.3, -0.25) is 4.18 Å². The molecule has 0 bridgehead atoms. The highest BCUT2D eigenvalue weighted by Crippen LogP contribution is 2.46. The predicted octanol–water partition coefficient (Wildman–Crippen LogP) is 6.54. The average Bonchev–Trinajstić information content (AvgIpc) is 3.37. The Morgan fingerprint density at radius 2 is 0.887 bits per heavy atom. The zero-order chi connectivity index (χ0) is 38.3. The molecular weight excluding hydrogens is 717 g/mol. The van der Waals surface area contributed by atoms with Crippen molar-refractivity contribution in [2.24, 2.45) is 0 Å². The maximum Gasteiger partial charge on any atom is 0.264 e. The van der Waals surface area contributed by atoms with Gasteiger partial charge in [-0.15, -0.1) is 0 Å². The lowest BCUT2D eigenvalue weighted by Crippen LogP contribution is -2.69. The van der Waals surface area contributed by atoms with Crippen LogP contribution in [-0.4, -0.2) is 67.6 Å². The van der Waals surface area contributed by atoms with Crippen LogP contribution in [0, 0.1) is 0 Å². The van der Waals surface area contributed by atoms with Crippen LogP contribution in [0.1, 0.15) is 68.2 Å². The topological polar surface area (TPSA) is 80.3 Å². The molecule has 0 unspecified atom stereocenters. The molecule has 1 heterocycles. The largest absolute Gasteiger partial charge is 0.404 e. The first-order valence-electron chi connectivity index (χ1n) is 18.7. The summed E-state index contributed by atoms with van der Waals surface area (Å²) in [4.78, 5) is 0. The van der Waals surface area contributed by atoms with Crippen LogP contribution in [-0.2, 0) is 32.6 Å². The Balaban J connectivity index is 1.56. The third kappa shape index (κ3) is 8.07. The van der Waals surface area contributed by atoms with E-state index in [1.54, 1.807) is 0 Å². The molecule has 1 saturated heterocycles. The fraction of sp³-hybridized carbons (Fsp3) is 0.442. The van der Waals surface area contributed by atoms with Crippen molar-refractivity contribution in [1.29, 1.82) is 0 Å². The van der Waals surface area contributed by atoms with Gasteiger partial charge in [0.25, 0.3) is 26.8 Å². The molecule has 0 spiro atoms. The summed E-state index contributed by atoms with van der Waals surface area (Å²) in [6.45, 7) is 17.3. The lowest BCUT2D eigenvalue weighted by molar-refractivity contribution is -0.163. The molecule has 4 aromatic rings. The average molecular weight is 773 g/mol. The summed E-state index contributed by atoms with van der Waals surface area (Å²) in [6.07, 6.45) is -1.42. The summed E-state index contributed by atoms with van der Waals surface area (Å²) in [5, 5.41) is 3.94. The SMILES string of the molecule is CC1(C)O[C@@H]2[C@H](O1)[C@@H](OS(C)(=O)=O)C[C@@H](O[Si](c1ccccc1)(c1ccccc1)C(C)(C)C)C[C@H]2O[Si](c1ccccc1)(c1ccccc1)C(C)(C)C. The molecule has 0 N–H and O–H groups in total. The number of ether oxygens (including phenoxy) is 2. The van der Waals surface area contributed by atoms with Crippen molar-refractivity contribution in [3.05, 3.63) is 121 Å². The fourth-order valence-corrected chi connectivity index (χ4v) is 18.7. The third-order valence-corrected chi connectivity index (χ3v) is 21.4. The molecule has 6 rings (SSSR count). The monoisotopic (exact) mass is 772 g/mol. The van der Waals surface area contributed by atoms with E-state index in [1.165, 1.54) is 0 Å². The first-order chi connectivity index (χ1) is 24.9. The summed E-state index contributed by atoms with van der Waals surface area (Å²) >= 11 is 0. The Morgan fingerprint density at radius 3 is 1.23 bits per heavy atom. The molecule has 284 valence electrons. The van der Waals surface area contributed by atoms with Crippen LogP contribution in [0.3, 0.4) is 0 Å². The highest BCUT2D eigenvalue weighted by Gasteiger charge is 2.60. The minimum atomic E-state index is -3.89. The minimum absolute atomic E-state index is 0.277. The Bertz CT molecular complexity index is 1830. The molecule has 0 aromatic heterocycles. The highest BCUT2D eigenvalue weighted by molar-refractivity contribution is 7.86. The van der Waals surface area contributed by atoms with E-state index in [4.69, 9.17) is 22.5 Å². The van der Waals surface area contributed by atoms with E-state index < -0.39 is 63.1 Å². The first kappa shape index (κ1) is 39.7. The molecule has 0 radical (unpaired) electrons. The summed E-state index contributed by atoms with van der Waals surface area (Å²) in [6, 6.07) is 42.1. The minimum Gasteiger partial charge on any atom is -0.404 e. The van der Waals surface area contributed by atoms with Gasteiger partial charge >= 0.3 is 0 Å². The predicted molar refractivity (Wildman–Crippen MR) is 218 cm³/mol. The molecule has 7 nitrogen and oxygen atoms in total. The van der Waals surface area contributed by atoms with Gasteiger partial charge < -0.3 is 18.3 Å². The summed E-state index contributed by atoms with van der Waals surface area (Å²) in [7, 11) is -10.1. The number of fused-ring (bicyclic) bond motifs is 1. The summed E-state index contributed by atoms with van der Waals surface area (Å²) < 4.78 is 61.1. The molecule has 1 aliphatic carbocycles. The molecular formula is C43H56O7SSi2. The van der Waals surface area contributed by atoms with E-state index in [0.717, 1.165) is 27.0 Å². The van der Waals surface area contributed by atoms with Gasteiger partial charge in [-0.1, -0.05) is 163 Å². The summed E-state index contributed by atoms with van der Waals surface area (Å²) in [5.74, 6) is -0.993. The third-order valence-electron chi connectivity index (χ3n) is 10.7. The Labute approximate surface area is 319 Å². The Kier molecular flexibility index (Phi) is 11.2. The smallest absolute Gasteiger partial charge is 0.264 e. The number of rotatable bonds is 10. The lowest BCUT2D eigenvalue weighted by Gasteiger charge is -2.47. The van der Waals surface area contributed by atoms with Crippen molar-refractivity contribution in [1.82, 2.24) is 0 Å². The highest BCUT2D eigenvalue weighted by atomic mass is 32.2. The Hall–Kier alpha value is -2.94. The number of hydrogen-bond acceptors (Lipinski definition) is 7. The van der Waals surface area contributed by atoms with Crippen LogP contribution in [0.5, 0.6) is 0 Å². The van der Waals surface area contributed by atoms with E-state index in [-0.39, 0.29) is 16.5 Å². The van der Waals surface area contributed by atoms with Crippen molar-refractivity contribution in [3.63, 3.8) is 0 Å². The van der Waals surface area contributed by atoms with E-state index in [0.29, 0.717) is 6.42 Å². The Morgan fingerprint density at radius 1 is 0.566 bits per heavy atom. The zero-order valence-corrected chi connectivity index (χ0v) is 35.4. The maximum atomic E-state index is 13.0. The van der Waals surface area contributed by atoms with E-state index in [2.05, 4.69) is 139 Å². The van der Waals surface area contributed by atoms with Crippen LogP contribution in [0.25, 0.3) is 0 Å². The van der Waals surface area contributed by atoms with E-state index in [1.807, 2.05) is 38.1 Å². The molecule has 1 saturated carbocycles. The van der Waals surface area contributed by atoms with Crippen molar-refractivity contribution in [3.8, 4) is 0 Å². The number of hydrogen-bond donors (Lipinski definition) is 0. The molecule has 4 aromatic carbocycles. The first-order valence-corrected chi connectivity index (χ1v) is 24.3. The van der Waals surface area contributed by atoms with Crippen LogP contribution in [0.2, 0.25) is 10.1 Å².